The molecule has 4 heterocycles. The monoisotopic (exact) mass is 424 g/mol. The first-order valence-electron chi connectivity index (χ1n) is 10.8. The number of hydrogen-bond donors (Lipinski definition) is 4. The summed E-state index contributed by atoms with van der Waals surface area (Å²) in [6.07, 6.45) is 1.49. The number of aromatic nitrogens is 2. The lowest BCUT2D eigenvalue weighted by molar-refractivity contribution is -0.535. The van der Waals surface area contributed by atoms with Crippen LogP contribution in [0.25, 0.3) is 21.8 Å². The Hall–Kier alpha value is -3.62. The number of nitrogens with zero attached hydrogens (tertiary/aromatic N) is 2. The van der Waals surface area contributed by atoms with Crippen LogP contribution in [0.5, 0.6) is 0 Å². The minimum Gasteiger partial charge on any atom is -0.851 e. The summed E-state index contributed by atoms with van der Waals surface area (Å²) in [5.74, 6) is -1.20. The van der Waals surface area contributed by atoms with Crippen molar-refractivity contribution in [3.8, 4) is 0 Å². The minimum atomic E-state index is -1.02. The van der Waals surface area contributed by atoms with Crippen LogP contribution in [0.15, 0.2) is 48.8 Å². The van der Waals surface area contributed by atoms with E-state index in [9.17, 15) is 10.2 Å². The number of anilines is 4. The second kappa shape index (κ2) is 6.44. The van der Waals surface area contributed by atoms with Crippen molar-refractivity contribution in [1.82, 2.24) is 9.97 Å². The molecule has 0 radical (unpaired) electrons. The van der Waals surface area contributed by atoms with Gasteiger partial charge in [0.2, 0.25) is 0 Å². The van der Waals surface area contributed by atoms with Gasteiger partial charge in [0.25, 0.3) is 0 Å². The Kier molecular flexibility index (Phi) is 3.62. The van der Waals surface area contributed by atoms with E-state index in [1.54, 1.807) is 12.4 Å². The van der Waals surface area contributed by atoms with Crippen LogP contribution in [-0.2, 0) is 0 Å². The molecule has 8 nitrogen and oxygen atoms in total. The molecule has 0 atom stereocenters. The summed E-state index contributed by atoms with van der Waals surface area (Å²) in [5, 5.41) is 42.3. The van der Waals surface area contributed by atoms with Gasteiger partial charge in [-0.25, -0.2) is 0 Å². The number of nitrogens with one attached hydrogen (secondary N) is 4. The maximum absolute atomic E-state index is 13.6. The molecule has 2 aliphatic heterocycles. The molecular formula is C24H20N6O2-2. The van der Waals surface area contributed by atoms with Gasteiger partial charge in [-0.2, -0.15) is 0 Å². The molecule has 1 fully saturated rings. The van der Waals surface area contributed by atoms with E-state index >= 15 is 0 Å². The molecule has 8 heteroatoms. The third-order valence-electron chi connectivity index (χ3n) is 7.10. The predicted octanol–water partition coefficient (Wildman–Crippen LogP) is 1.71. The number of benzene rings is 2. The fourth-order valence-corrected chi connectivity index (χ4v) is 5.60. The first kappa shape index (κ1) is 18.0. The van der Waals surface area contributed by atoms with Crippen LogP contribution in [0.1, 0.15) is 23.0 Å². The average Bonchev–Trinajstić information content (AvgIpc) is 2.83. The molecule has 2 aromatic carbocycles. The fraction of sp³-hybridized carbons (Fsp3) is 0.250. The topological polar surface area (TPSA) is 120 Å². The number of pyridine rings is 2. The third kappa shape index (κ3) is 2.28. The predicted molar refractivity (Wildman–Crippen MR) is 121 cm³/mol. The molecule has 160 valence electrons. The van der Waals surface area contributed by atoms with Gasteiger partial charge in [-0.1, -0.05) is 12.1 Å². The Morgan fingerprint density at radius 3 is 1.56 bits per heavy atom. The zero-order chi connectivity index (χ0) is 21.4. The van der Waals surface area contributed by atoms with Crippen LogP contribution in [0.2, 0.25) is 0 Å². The maximum atomic E-state index is 13.6. The summed E-state index contributed by atoms with van der Waals surface area (Å²) in [6.45, 7) is 1.10. The number of rotatable bonds is 2. The normalized spacial score (nSPS) is 25.3. The molecule has 32 heavy (non-hydrogen) atoms. The van der Waals surface area contributed by atoms with Gasteiger partial charge in [-0.15, -0.1) is 12.2 Å². The second-order valence-corrected chi connectivity index (χ2v) is 8.61. The summed E-state index contributed by atoms with van der Waals surface area (Å²) in [5.41, 5.74) is 6.97. The summed E-state index contributed by atoms with van der Waals surface area (Å²) in [4.78, 5) is 8.88. The highest BCUT2D eigenvalue weighted by atomic mass is 16.3. The van der Waals surface area contributed by atoms with E-state index < -0.39 is 24.0 Å². The standard InChI is InChI=1S/C24H20N6O2/c31-23-17(11-1-3-13-19-15(5-7-25-13)27-9-29-21(11)19)24(32)18(23)12-2-4-14-20-16(6-8-26-14)28-10-30-22(12)20/h1-8,17-18,23-24,27-30H,9-10H2/q-2. The third-order valence-corrected chi connectivity index (χ3v) is 7.10. The second-order valence-electron chi connectivity index (χ2n) is 8.61. The van der Waals surface area contributed by atoms with Gasteiger partial charge in [0.05, 0.1) is 35.7 Å². The molecule has 0 bridgehead atoms. The lowest BCUT2D eigenvalue weighted by Crippen LogP contribution is -2.63. The fourth-order valence-electron chi connectivity index (χ4n) is 5.60. The number of hydrogen-bond acceptors (Lipinski definition) is 8. The molecule has 4 N–H and O–H groups in total. The Morgan fingerprint density at radius 2 is 1.09 bits per heavy atom. The Morgan fingerprint density at radius 1 is 0.625 bits per heavy atom. The van der Waals surface area contributed by atoms with Crippen molar-refractivity contribution in [2.45, 2.75) is 24.0 Å². The van der Waals surface area contributed by atoms with Crippen LogP contribution in [-0.4, -0.2) is 35.5 Å². The van der Waals surface area contributed by atoms with Crippen molar-refractivity contribution in [1.29, 1.82) is 0 Å². The lowest BCUT2D eigenvalue weighted by atomic mass is 9.62. The molecule has 0 amide bonds. The highest BCUT2D eigenvalue weighted by Crippen LogP contribution is 2.52. The minimum absolute atomic E-state index is 0.549. The van der Waals surface area contributed by atoms with Crippen molar-refractivity contribution in [3.63, 3.8) is 0 Å². The molecule has 1 aliphatic carbocycles. The van der Waals surface area contributed by atoms with Crippen molar-refractivity contribution < 1.29 is 10.2 Å². The van der Waals surface area contributed by atoms with Crippen LogP contribution in [0, 0.1) is 0 Å². The quantitative estimate of drug-likeness (QED) is 0.384. The molecule has 4 aromatic rings. The molecule has 0 saturated heterocycles. The van der Waals surface area contributed by atoms with Gasteiger partial charge in [0, 0.05) is 34.5 Å². The molecule has 3 aliphatic rings. The smallest absolute Gasteiger partial charge is 0.0849 e. The average molecular weight is 424 g/mol. The van der Waals surface area contributed by atoms with Gasteiger partial charge >= 0.3 is 0 Å². The van der Waals surface area contributed by atoms with Crippen LogP contribution in [0.4, 0.5) is 22.7 Å². The lowest BCUT2D eigenvalue weighted by Gasteiger charge is -2.62. The maximum Gasteiger partial charge on any atom is 0.0849 e. The summed E-state index contributed by atoms with van der Waals surface area (Å²) >= 11 is 0. The van der Waals surface area contributed by atoms with E-state index in [2.05, 4.69) is 31.2 Å². The van der Waals surface area contributed by atoms with Crippen LogP contribution >= 0.6 is 0 Å². The molecule has 0 unspecified atom stereocenters. The molecule has 1 saturated carbocycles. The van der Waals surface area contributed by atoms with Crippen molar-refractivity contribution in [2.75, 3.05) is 34.6 Å². The first-order valence-corrected chi connectivity index (χ1v) is 10.8. The van der Waals surface area contributed by atoms with Crippen molar-refractivity contribution in [2.24, 2.45) is 0 Å². The molecule has 2 aromatic heterocycles. The summed E-state index contributed by atoms with van der Waals surface area (Å²) in [7, 11) is 0. The Labute approximate surface area is 183 Å². The van der Waals surface area contributed by atoms with Gasteiger partial charge in [-0.3, -0.25) is 9.97 Å². The SMILES string of the molecule is [O-]C1C(c2ccc3nccc4c3c2NCN4)C([O-])C1c1ccc2nccc3c2c1NCN3. The van der Waals surface area contributed by atoms with Crippen molar-refractivity contribution >= 4 is 44.6 Å². The van der Waals surface area contributed by atoms with Crippen LogP contribution in [0.3, 0.4) is 0 Å². The Balaban J connectivity index is 1.32. The molecule has 7 rings (SSSR count). The first-order chi connectivity index (χ1) is 15.7. The van der Waals surface area contributed by atoms with E-state index in [1.807, 2.05) is 36.4 Å². The highest BCUT2D eigenvalue weighted by molar-refractivity contribution is 6.05. The van der Waals surface area contributed by atoms with E-state index in [0.29, 0.717) is 13.3 Å². The van der Waals surface area contributed by atoms with E-state index in [-0.39, 0.29) is 0 Å². The largest absolute Gasteiger partial charge is 0.851 e. The highest BCUT2D eigenvalue weighted by Gasteiger charge is 2.41. The molecule has 0 spiro atoms. The van der Waals surface area contributed by atoms with Gasteiger partial charge < -0.3 is 31.5 Å². The summed E-state index contributed by atoms with van der Waals surface area (Å²) in [6, 6.07) is 11.5. The van der Waals surface area contributed by atoms with E-state index in [4.69, 9.17) is 0 Å². The van der Waals surface area contributed by atoms with Gasteiger partial charge in [0.15, 0.2) is 0 Å². The summed E-state index contributed by atoms with van der Waals surface area (Å²) < 4.78 is 0. The van der Waals surface area contributed by atoms with E-state index in [0.717, 1.165) is 55.7 Å². The van der Waals surface area contributed by atoms with Crippen molar-refractivity contribution in [3.05, 3.63) is 59.9 Å². The molecular weight excluding hydrogens is 404 g/mol. The van der Waals surface area contributed by atoms with Gasteiger partial charge in [0.1, 0.15) is 0 Å². The Bertz CT molecular complexity index is 1290. The zero-order valence-corrected chi connectivity index (χ0v) is 17.1. The van der Waals surface area contributed by atoms with Crippen LogP contribution < -0.4 is 31.5 Å². The van der Waals surface area contributed by atoms with E-state index in [1.165, 1.54) is 0 Å². The van der Waals surface area contributed by atoms with Gasteiger partial charge in [-0.05, 0) is 47.2 Å². The zero-order valence-electron chi connectivity index (χ0n) is 17.1.